The van der Waals surface area contributed by atoms with Crippen LogP contribution in [0.1, 0.15) is 17.3 Å². The lowest BCUT2D eigenvalue weighted by atomic mass is 10.2. The Labute approximate surface area is 120 Å². The van der Waals surface area contributed by atoms with Crippen LogP contribution in [0.15, 0.2) is 24.3 Å². The third-order valence-corrected chi connectivity index (χ3v) is 2.38. The van der Waals surface area contributed by atoms with Gasteiger partial charge in [-0.05, 0) is 31.2 Å². The molecule has 0 fully saturated rings. The van der Waals surface area contributed by atoms with Gasteiger partial charge in [0.1, 0.15) is 5.75 Å². The average molecular weight is 306 g/mol. The standard InChI is InChI=1S/C13H17F3N2O3/c1-9(19)8-17-6-7-18-12(20)10-2-4-11(5-3-10)21-13(14,15)16/h2-5,9,17,19H,6-8H2,1H3,(H,18,20). The summed E-state index contributed by atoms with van der Waals surface area (Å²) in [4.78, 5) is 11.7. The molecule has 21 heavy (non-hydrogen) atoms. The lowest BCUT2D eigenvalue weighted by molar-refractivity contribution is -0.274. The van der Waals surface area contributed by atoms with E-state index in [-0.39, 0.29) is 11.3 Å². The number of carbonyl (C=O) groups excluding carboxylic acids is 1. The second-order valence-corrected chi connectivity index (χ2v) is 4.38. The molecule has 1 aromatic rings. The normalized spacial score (nSPS) is 12.8. The van der Waals surface area contributed by atoms with Crippen LogP contribution in [0, 0.1) is 0 Å². The molecule has 1 unspecified atom stereocenters. The number of aliphatic hydroxyl groups excluding tert-OH is 1. The van der Waals surface area contributed by atoms with Gasteiger partial charge in [0, 0.05) is 25.2 Å². The topological polar surface area (TPSA) is 70.6 Å². The van der Waals surface area contributed by atoms with E-state index in [1.807, 2.05) is 0 Å². The van der Waals surface area contributed by atoms with Crippen LogP contribution in [0.25, 0.3) is 0 Å². The molecular formula is C13H17F3N2O3. The van der Waals surface area contributed by atoms with Gasteiger partial charge in [0.05, 0.1) is 6.10 Å². The Morgan fingerprint density at radius 3 is 2.43 bits per heavy atom. The van der Waals surface area contributed by atoms with Crippen molar-refractivity contribution in [3.05, 3.63) is 29.8 Å². The monoisotopic (exact) mass is 306 g/mol. The molecule has 0 radical (unpaired) electrons. The molecule has 0 saturated carbocycles. The van der Waals surface area contributed by atoms with Gasteiger partial charge in [-0.3, -0.25) is 4.79 Å². The molecule has 3 N–H and O–H groups in total. The van der Waals surface area contributed by atoms with Gasteiger partial charge in [-0.1, -0.05) is 0 Å². The summed E-state index contributed by atoms with van der Waals surface area (Å²) < 4.78 is 39.6. The van der Waals surface area contributed by atoms with Crippen LogP contribution >= 0.6 is 0 Å². The minimum atomic E-state index is -4.75. The maximum Gasteiger partial charge on any atom is 0.573 e. The summed E-state index contributed by atoms with van der Waals surface area (Å²) in [5.74, 6) is -0.773. The van der Waals surface area contributed by atoms with Crippen molar-refractivity contribution in [2.24, 2.45) is 0 Å². The van der Waals surface area contributed by atoms with Gasteiger partial charge in [0.15, 0.2) is 0 Å². The number of benzene rings is 1. The van der Waals surface area contributed by atoms with E-state index >= 15 is 0 Å². The first-order valence-electron chi connectivity index (χ1n) is 6.31. The smallest absolute Gasteiger partial charge is 0.406 e. The van der Waals surface area contributed by atoms with Crippen molar-refractivity contribution in [1.82, 2.24) is 10.6 Å². The quantitative estimate of drug-likeness (QED) is 0.664. The average Bonchev–Trinajstić information content (AvgIpc) is 2.36. The van der Waals surface area contributed by atoms with Crippen LogP contribution in [0.3, 0.4) is 0 Å². The lowest BCUT2D eigenvalue weighted by Crippen LogP contribution is -2.34. The van der Waals surface area contributed by atoms with Gasteiger partial charge in [0.2, 0.25) is 0 Å². The minimum absolute atomic E-state index is 0.236. The van der Waals surface area contributed by atoms with E-state index in [1.165, 1.54) is 12.1 Å². The van der Waals surface area contributed by atoms with Crippen LogP contribution in [-0.2, 0) is 0 Å². The first-order chi connectivity index (χ1) is 9.78. The Morgan fingerprint density at radius 2 is 1.90 bits per heavy atom. The summed E-state index contributed by atoms with van der Waals surface area (Å²) in [6, 6.07) is 4.65. The number of hydrogen-bond acceptors (Lipinski definition) is 4. The number of alkyl halides is 3. The van der Waals surface area contributed by atoms with E-state index in [0.717, 1.165) is 12.1 Å². The molecule has 1 aromatic carbocycles. The molecule has 118 valence electrons. The van der Waals surface area contributed by atoms with Gasteiger partial charge in [-0.15, -0.1) is 13.2 Å². The summed E-state index contributed by atoms with van der Waals surface area (Å²) in [7, 11) is 0. The molecule has 0 heterocycles. The van der Waals surface area contributed by atoms with Crippen molar-refractivity contribution in [2.45, 2.75) is 19.4 Å². The Morgan fingerprint density at radius 1 is 1.29 bits per heavy atom. The first-order valence-corrected chi connectivity index (χ1v) is 6.31. The fourth-order valence-corrected chi connectivity index (χ4v) is 1.49. The van der Waals surface area contributed by atoms with Gasteiger partial charge in [0.25, 0.3) is 5.91 Å². The maximum absolute atomic E-state index is 12.0. The summed E-state index contributed by atoms with van der Waals surface area (Å²) in [5, 5.41) is 14.5. The third-order valence-electron chi connectivity index (χ3n) is 2.38. The summed E-state index contributed by atoms with van der Waals surface area (Å²) in [6.07, 6.45) is -5.22. The van der Waals surface area contributed by atoms with Crippen LogP contribution < -0.4 is 15.4 Å². The van der Waals surface area contributed by atoms with E-state index in [2.05, 4.69) is 15.4 Å². The highest BCUT2D eigenvalue weighted by Gasteiger charge is 2.31. The van der Waals surface area contributed by atoms with E-state index in [1.54, 1.807) is 6.92 Å². The fourth-order valence-electron chi connectivity index (χ4n) is 1.49. The van der Waals surface area contributed by atoms with Gasteiger partial charge in [-0.2, -0.15) is 0 Å². The fraction of sp³-hybridized carbons (Fsp3) is 0.462. The van der Waals surface area contributed by atoms with E-state index in [4.69, 9.17) is 5.11 Å². The second kappa shape index (κ2) is 7.84. The maximum atomic E-state index is 12.0. The number of halogens is 3. The van der Waals surface area contributed by atoms with E-state index in [0.29, 0.717) is 19.6 Å². The lowest BCUT2D eigenvalue weighted by Gasteiger charge is -2.10. The van der Waals surface area contributed by atoms with Crippen molar-refractivity contribution in [1.29, 1.82) is 0 Å². The van der Waals surface area contributed by atoms with Crippen LogP contribution in [-0.4, -0.2) is 43.1 Å². The van der Waals surface area contributed by atoms with Crippen molar-refractivity contribution in [3.8, 4) is 5.75 Å². The number of ether oxygens (including phenoxy) is 1. The van der Waals surface area contributed by atoms with Gasteiger partial charge in [-0.25, -0.2) is 0 Å². The number of aliphatic hydroxyl groups is 1. The summed E-state index contributed by atoms with van der Waals surface area (Å²) in [6.45, 7) is 2.87. The highest BCUT2D eigenvalue weighted by Crippen LogP contribution is 2.22. The molecule has 1 amide bonds. The number of hydrogen-bond donors (Lipinski definition) is 3. The predicted molar refractivity (Wildman–Crippen MR) is 70.0 cm³/mol. The zero-order chi connectivity index (χ0) is 15.9. The molecule has 0 aromatic heterocycles. The van der Waals surface area contributed by atoms with Gasteiger partial charge < -0.3 is 20.5 Å². The number of amides is 1. The molecule has 0 bridgehead atoms. The van der Waals surface area contributed by atoms with Crippen LogP contribution in [0.4, 0.5) is 13.2 Å². The highest BCUT2D eigenvalue weighted by atomic mass is 19.4. The summed E-state index contributed by atoms with van der Waals surface area (Å²) in [5.41, 5.74) is 0.236. The van der Waals surface area contributed by atoms with Crippen LogP contribution in [0.2, 0.25) is 0 Å². The first kappa shape index (κ1) is 17.3. The van der Waals surface area contributed by atoms with Crippen LogP contribution in [0.5, 0.6) is 5.75 Å². The minimum Gasteiger partial charge on any atom is -0.406 e. The Balaban J connectivity index is 2.38. The molecule has 5 nitrogen and oxygen atoms in total. The Kier molecular flexibility index (Phi) is 6.44. The third kappa shape index (κ3) is 7.52. The molecular weight excluding hydrogens is 289 g/mol. The van der Waals surface area contributed by atoms with E-state index in [9.17, 15) is 18.0 Å². The van der Waals surface area contributed by atoms with Gasteiger partial charge >= 0.3 is 6.36 Å². The Bertz CT molecular complexity index is 447. The van der Waals surface area contributed by atoms with E-state index < -0.39 is 18.4 Å². The second-order valence-electron chi connectivity index (χ2n) is 4.38. The molecule has 0 aliphatic carbocycles. The van der Waals surface area contributed by atoms with Crippen molar-refractivity contribution in [3.63, 3.8) is 0 Å². The largest absolute Gasteiger partial charge is 0.573 e. The predicted octanol–water partition coefficient (Wildman–Crippen LogP) is 1.29. The number of nitrogens with one attached hydrogen (secondary N) is 2. The van der Waals surface area contributed by atoms with Crippen molar-refractivity contribution < 1.29 is 27.8 Å². The SMILES string of the molecule is CC(O)CNCCNC(=O)c1ccc(OC(F)(F)F)cc1. The molecule has 8 heteroatoms. The molecule has 0 aliphatic heterocycles. The summed E-state index contributed by atoms with van der Waals surface area (Å²) >= 11 is 0. The number of rotatable bonds is 7. The highest BCUT2D eigenvalue weighted by molar-refractivity contribution is 5.94. The molecule has 0 aliphatic rings. The Hall–Kier alpha value is -1.80. The molecule has 0 spiro atoms. The van der Waals surface area contributed by atoms with Crippen molar-refractivity contribution in [2.75, 3.05) is 19.6 Å². The zero-order valence-corrected chi connectivity index (χ0v) is 11.4. The molecule has 1 rings (SSSR count). The molecule has 1 atom stereocenters. The molecule has 0 saturated heterocycles. The van der Waals surface area contributed by atoms with Crippen molar-refractivity contribution >= 4 is 5.91 Å². The number of carbonyl (C=O) groups is 1. The zero-order valence-electron chi connectivity index (χ0n) is 11.4.